The van der Waals surface area contributed by atoms with Crippen LogP contribution in [0.3, 0.4) is 0 Å². The molecule has 1 aliphatic heterocycles. The Labute approximate surface area is 117 Å². The van der Waals surface area contributed by atoms with Gasteiger partial charge in [-0.25, -0.2) is 0 Å². The van der Waals surface area contributed by atoms with Gasteiger partial charge in [0.2, 0.25) is 5.91 Å². The molecule has 0 spiro atoms. The summed E-state index contributed by atoms with van der Waals surface area (Å²) in [6.07, 6.45) is -0.457. The van der Waals surface area contributed by atoms with Crippen LogP contribution < -0.4 is 14.8 Å². The number of carbonyl (C=O) groups excluding carboxylic acids is 2. The van der Waals surface area contributed by atoms with E-state index in [0.717, 1.165) is 0 Å². The minimum absolute atomic E-state index is 0. The SMILES string of the molecule is O=C1CCC(Oc2cccc(NS(=O)(=O)F)c2)C(=O)N1.[HH].[HH]. The first-order valence-corrected chi connectivity index (χ1v) is 7.05. The molecule has 2 rings (SSSR count). The number of benzene rings is 1. The summed E-state index contributed by atoms with van der Waals surface area (Å²) in [6, 6.07) is 5.49. The summed E-state index contributed by atoms with van der Waals surface area (Å²) in [5, 5.41) is 2.13. The molecule has 20 heavy (non-hydrogen) atoms. The largest absolute Gasteiger partial charge is 0.481 e. The molecule has 1 aliphatic rings. The first kappa shape index (κ1) is 14.3. The number of ether oxygens (including phenoxy) is 1. The predicted molar refractivity (Wildman–Crippen MR) is 71.1 cm³/mol. The molecule has 0 aromatic heterocycles. The zero-order valence-corrected chi connectivity index (χ0v) is 10.9. The summed E-state index contributed by atoms with van der Waals surface area (Å²) in [5.41, 5.74) is -0.0303. The first-order valence-electron chi connectivity index (χ1n) is 5.66. The summed E-state index contributed by atoms with van der Waals surface area (Å²) in [5.74, 6) is -0.736. The van der Waals surface area contributed by atoms with Gasteiger partial charge in [0.1, 0.15) is 5.75 Å². The van der Waals surface area contributed by atoms with Gasteiger partial charge in [0.05, 0.1) is 5.69 Å². The minimum atomic E-state index is -4.87. The van der Waals surface area contributed by atoms with Crippen molar-refractivity contribution in [3.05, 3.63) is 24.3 Å². The number of halogens is 1. The Morgan fingerprint density at radius 1 is 1.40 bits per heavy atom. The van der Waals surface area contributed by atoms with Crippen LogP contribution in [0.2, 0.25) is 0 Å². The van der Waals surface area contributed by atoms with Crippen LogP contribution >= 0.6 is 0 Å². The van der Waals surface area contributed by atoms with E-state index in [1.54, 1.807) is 4.72 Å². The molecule has 7 nitrogen and oxygen atoms in total. The number of rotatable bonds is 4. The van der Waals surface area contributed by atoms with Crippen molar-refractivity contribution < 1.29 is 29.5 Å². The number of piperidine rings is 1. The zero-order valence-electron chi connectivity index (χ0n) is 10.1. The van der Waals surface area contributed by atoms with E-state index >= 15 is 0 Å². The Morgan fingerprint density at radius 3 is 2.80 bits per heavy atom. The van der Waals surface area contributed by atoms with E-state index in [0.29, 0.717) is 0 Å². The Morgan fingerprint density at radius 2 is 2.15 bits per heavy atom. The molecule has 0 aliphatic carbocycles. The van der Waals surface area contributed by atoms with Crippen molar-refractivity contribution in [2.75, 3.05) is 4.72 Å². The topological polar surface area (TPSA) is 102 Å². The van der Waals surface area contributed by atoms with E-state index in [-0.39, 0.29) is 33.0 Å². The highest BCUT2D eigenvalue weighted by atomic mass is 32.3. The van der Waals surface area contributed by atoms with Crippen LogP contribution in [-0.2, 0) is 20.0 Å². The van der Waals surface area contributed by atoms with Crippen LogP contribution in [0.1, 0.15) is 15.7 Å². The van der Waals surface area contributed by atoms with Gasteiger partial charge in [0.25, 0.3) is 5.91 Å². The van der Waals surface area contributed by atoms with E-state index in [1.807, 2.05) is 0 Å². The minimum Gasteiger partial charge on any atom is -0.481 e. The van der Waals surface area contributed by atoms with Crippen LogP contribution in [0.4, 0.5) is 9.57 Å². The van der Waals surface area contributed by atoms with Gasteiger partial charge in [0.15, 0.2) is 6.10 Å². The van der Waals surface area contributed by atoms with Crippen molar-refractivity contribution in [3.63, 3.8) is 0 Å². The number of hydrogen-bond donors (Lipinski definition) is 2. The Bertz CT molecular complexity index is 656. The number of amides is 2. The maximum absolute atomic E-state index is 12.5. The predicted octanol–water partition coefficient (Wildman–Crippen LogP) is 0.989. The number of hydrogen-bond acceptors (Lipinski definition) is 5. The second-order valence-corrected chi connectivity index (χ2v) is 5.21. The summed E-state index contributed by atoms with van der Waals surface area (Å²) < 4.78 is 40.4. The normalized spacial score (nSPS) is 19.4. The number of carbonyl (C=O) groups is 2. The van der Waals surface area contributed by atoms with Crippen LogP contribution in [0.15, 0.2) is 24.3 Å². The molecule has 1 unspecified atom stereocenters. The van der Waals surface area contributed by atoms with E-state index in [2.05, 4.69) is 5.32 Å². The van der Waals surface area contributed by atoms with Crippen molar-refractivity contribution in [1.82, 2.24) is 5.32 Å². The average Bonchev–Trinajstić information content (AvgIpc) is 2.31. The van der Waals surface area contributed by atoms with Crippen molar-refractivity contribution in [3.8, 4) is 5.75 Å². The third-order valence-corrected chi connectivity index (χ3v) is 3.02. The maximum Gasteiger partial charge on any atom is 0.396 e. The monoisotopic (exact) mass is 306 g/mol. The smallest absolute Gasteiger partial charge is 0.396 e. The van der Waals surface area contributed by atoms with Crippen molar-refractivity contribution in [2.24, 2.45) is 0 Å². The molecule has 0 bridgehead atoms. The molecule has 9 heteroatoms. The Hall–Kier alpha value is -2.16. The lowest BCUT2D eigenvalue weighted by molar-refractivity contribution is -0.138. The third-order valence-electron chi connectivity index (χ3n) is 2.54. The van der Waals surface area contributed by atoms with Gasteiger partial charge in [-0.3, -0.25) is 19.6 Å². The van der Waals surface area contributed by atoms with Crippen LogP contribution in [0.25, 0.3) is 0 Å². The highest BCUT2D eigenvalue weighted by Crippen LogP contribution is 2.21. The quantitative estimate of drug-likeness (QED) is 0.638. The van der Waals surface area contributed by atoms with E-state index < -0.39 is 22.4 Å². The molecular formula is C11H15FN2O5S. The van der Waals surface area contributed by atoms with E-state index in [4.69, 9.17) is 4.74 Å². The number of anilines is 1. The summed E-state index contributed by atoms with van der Waals surface area (Å²) in [7, 11) is -4.87. The highest BCUT2D eigenvalue weighted by molar-refractivity contribution is 7.87. The Balaban J connectivity index is 0.00000220. The fourth-order valence-electron chi connectivity index (χ4n) is 1.72. The van der Waals surface area contributed by atoms with Gasteiger partial charge in [-0.05, 0) is 12.1 Å². The van der Waals surface area contributed by atoms with Gasteiger partial charge in [-0.1, -0.05) is 9.95 Å². The highest BCUT2D eigenvalue weighted by Gasteiger charge is 2.28. The zero-order chi connectivity index (χ0) is 14.8. The molecule has 0 radical (unpaired) electrons. The molecule has 0 saturated carbocycles. The maximum atomic E-state index is 12.5. The Kier molecular flexibility index (Phi) is 3.89. The van der Waals surface area contributed by atoms with Gasteiger partial charge in [0, 0.05) is 21.8 Å². The second-order valence-electron chi connectivity index (χ2n) is 4.13. The molecule has 1 saturated heterocycles. The summed E-state index contributed by atoms with van der Waals surface area (Å²) in [4.78, 5) is 22.5. The molecular weight excluding hydrogens is 291 g/mol. The third kappa shape index (κ3) is 3.92. The van der Waals surface area contributed by atoms with Crippen molar-refractivity contribution >= 4 is 27.9 Å². The van der Waals surface area contributed by atoms with Crippen molar-refractivity contribution in [2.45, 2.75) is 18.9 Å². The van der Waals surface area contributed by atoms with Gasteiger partial charge in [-0.2, -0.15) is 8.42 Å². The van der Waals surface area contributed by atoms with Crippen LogP contribution in [0, 0.1) is 0 Å². The van der Waals surface area contributed by atoms with E-state index in [9.17, 15) is 21.9 Å². The molecule has 2 N–H and O–H groups in total. The molecule has 1 aromatic rings. The average molecular weight is 306 g/mol. The summed E-state index contributed by atoms with van der Waals surface area (Å²) >= 11 is 0. The lowest BCUT2D eigenvalue weighted by Gasteiger charge is -2.22. The molecule has 1 aromatic carbocycles. The lowest BCUT2D eigenvalue weighted by Crippen LogP contribution is -2.46. The standard InChI is InChI=1S/C11H11FN2O5S.2H2/c12-20(17,18)14-7-2-1-3-8(6-7)19-9-4-5-10(15)13-11(9)16;;/h1-3,6,9,14H,4-5H2,(H,13,15,16);2*1H. The van der Waals surface area contributed by atoms with E-state index in [1.165, 1.54) is 24.3 Å². The second kappa shape index (κ2) is 5.45. The summed E-state index contributed by atoms with van der Waals surface area (Å²) in [6.45, 7) is 0. The van der Waals surface area contributed by atoms with Crippen LogP contribution in [0.5, 0.6) is 5.75 Å². The number of nitrogens with one attached hydrogen (secondary N) is 2. The lowest BCUT2D eigenvalue weighted by atomic mass is 10.1. The molecule has 112 valence electrons. The van der Waals surface area contributed by atoms with Crippen molar-refractivity contribution in [1.29, 1.82) is 0 Å². The number of imide groups is 1. The molecule has 1 fully saturated rings. The fourth-order valence-corrected chi connectivity index (χ4v) is 2.13. The van der Waals surface area contributed by atoms with Gasteiger partial charge in [-0.15, -0.1) is 0 Å². The molecule has 2 amide bonds. The van der Waals surface area contributed by atoms with Crippen LogP contribution in [-0.4, -0.2) is 26.3 Å². The van der Waals surface area contributed by atoms with Gasteiger partial charge >= 0.3 is 10.4 Å². The molecule has 1 heterocycles. The first-order chi connectivity index (χ1) is 9.33. The van der Waals surface area contributed by atoms with Gasteiger partial charge < -0.3 is 4.74 Å². The molecule has 1 atom stereocenters. The fraction of sp³-hybridized carbons (Fsp3) is 0.273.